The van der Waals surface area contributed by atoms with E-state index in [9.17, 15) is 5.11 Å². The van der Waals surface area contributed by atoms with Crippen LogP contribution >= 0.6 is 23.2 Å². The molecule has 5 rings (SSSR count). The van der Waals surface area contributed by atoms with Gasteiger partial charge in [-0.05, 0) is 18.9 Å². The fraction of sp³-hybridized carbons (Fsp3) is 0.500. The normalized spacial score (nSPS) is 26.3. The first-order valence-electron chi connectivity index (χ1n) is 9.29. The Balaban J connectivity index is 1.32. The highest BCUT2D eigenvalue weighted by molar-refractivity contribution is 6.32. The molecule has 3 aromatic heterocycles. The van der Waals surface area contributed by atoms with E-state index >= 15 is 0 Å². The summed E-state index contributed by atoms with van der Waals surface area (Å²) >= 11 is 12.6. The van der Waals surface area contributed by atoms with E-state index < -0.39 is 6.29 Å². The fourth-order valence-electron chi connectivity index (χ4n) is 3.81. The second kappa shape index (κ2) is 7.41. The number of aromatic nitrogens is 5. The number of aryl methyl sites for hydroxylation is 3. The second-order valence-corrected chi connectivity index (χ2v) is 8.08. The highest BCUT2D eigenvalue weighted by Gasteiger charge is 2.48. The van der Waals surface area contributed by atoms with Gasteiger partial charge in [0.25, 0.3) is 6.01 Å². The van der Waals surface area contributed by atoms with Gasteiger partial charge in [-0.25, -0.2) is 4.98 Å². The number of aliphatic hydroxyl groups is 1. The number of halogens is 2. The Hall–Kier alpha value is -1.91. The Morgan fingerprint density at radius 2 is 2.03 bits per heavy atom. The number of pyridine rings is 1. The summed E-state index contributed by atoms with van der Waals surface area (Å²) in [7, 11) is 1.83. The summed E-state index contributed by atoms with van der Waals surface area (Å²) < 4.78 is 18.4. The average Bonchev–Trinajstić information content (AvgIpc) is 3.41. The van der Waals surface area contributed by atoms with Gasteiger partial charge in [-0.15, -0.1) is 0 Å². The molecule has 3 aromatic rings. The number of imidazole rings is 1. The Bertz CT molecular complexity index is 1050. The van der Waals surface area contributed by atoms with E-state index in [1.807, 2.05) is 7.05 Å². The molecule has 0 spiro atoms. The van der Waals surface area contributed by atoms with E-state index in [0.29, 0.717) is 53.3 Å². The van der Waals surface area contributed by atoms with Crippen LogP contribution in [0.15, 0.2) is 12.3 Å². The molecule has 5 heterocycles. The first-order valence-corrected chi connectivity index (χ1v) is 10.0. The third-order valence-electron chi connectivity index (χ3n) is 5.29. The van der Waals surface area contributed by atoms with Gasteiger partial charge in [0, 0.05) is 13.2 Å². The number of hydrogen-bond donors (Lipinski definition) is 2. The van der Waals surface area contributed by atoms with Crippen LogP contribution < -0.4 is 4.74 Å². The molecule has 0 unspecified atom stereocenters. The van der Waals surface area contributed by atoms with Gasteiger partial charge in [0.1, 0.15) is 12.2 Å². The minimum atomic E-state index is -0.903. The zero-order valence-electron chi connectivity index (χ0n) is 15.5. The number of nitrogens with zero attached hydrogens (tertiary/aromatic N) is 4. The summed E-state index contributed by atoms with van der Waals surface area (Å²) in [6.07, 6.45) is 1.46. The molecule has 4 atom stereocenters. The van der Waals surface area contributed by atoms with Crippen molar-refractivity contribution in [3.05, 3.63) is 33.7 Å². The fourth-order valence-corrected chi connectivity index (χ4v) is 4.32. The lowest BCUT2D eigenvalue weighted by Gasteiger charge is -2.14. The van der Waals surface area contributed by atoms with E-state index in [1.165, 1.54) is 0 Å². The van der Waals surface area contributed by atoms with Crippen molar-refractivity contribution >= 4 is 34.4 Å². The SMILES string of the molecule is Cn1cc(Cl)c(CCc2nc3nc(O[C@@H]4CO[C@H]5[C@@H]4CO[C@H]5O)[nH]c3cc2Cl)n1. The number of rotatable bonds is 5. The molecule has 2 saturated heterocycles. The molecular formula is C18H19Cl2N5O4. The monoisotopic (exact) mass is 439 g/mol. The van der Waals surface area contributed by atoms with Crippen LogP contribution in [0.1, 0.15) is 11.4 Å². The van der Waals surface area contributed by atoms with Gasteiger partial charge in [0.15, 0.2) is 11.9 Å². The molecule has 0 saturated carbocycles. The van der Waals surface area contributed by atoms with Crippen LogP contribution in [0.2, 0.25) is 10.0 Å². The molecule has 2 aliphatic rings. The minimum absolute atomic E-state index is 0.0339. The number of nitrogens with one attached hydrogen (secondary N) is 1. The van der Waals surface area contributed by atoms with Crippen LogP contribution in [0, 0.1) is 5.92 Å². The first-order chi connectivity index (χ1) is 14.0. The van der Waals surface area contributed by atoms with Gasteiger partial charge >= 0.3 is 0 Å². The molecule has 2 fully saturated rings. The number of aliphatic hydroxyl groups excluding tert-OH is 1. The molecule has 0 radical (unpaired) electrons. The van der Waals surface area contributed by atoms with Gasteiger partial charge in [-0.1, -0.05) is 23.2 Å². The number of aromatic amines is 1. The van der Waals surface area contributed by atoms with Gasteiger partial charge in [0.05, 0.1) is 46.1 Å². The maximum Gasteiger partial charge on any atom is 0.296 e. The van der Waals surface area contributed by atoms with E-state index in [4.69, 9.17) is 37.4 Å². The van der Waals surface area contributed by atoms with E-state index in [-0.39, 0.29) is 18.1 Å². The van der Waals surface area contributed by atoms with Crippen molar-refractivity contribution in [3.63, 3.8) is 0 Å². The first kappa shape index (κ1) is 19.1. The molecule has 2 N–H and O–H groups in total. The molecule has 154 valence electrons. The maximum atomic E-state index is 9.75. The van der Waals surface area contributed by atoms with Gasteiger partial charge < -0.3 is 24.3 Å². The van der Waals surface area contributed by atoms with Crippen molar-refractivity contribution in [1.29, 1.82) is 0 Å². The van der Waals surface area contributed by atoms with Gasteiger partial charge in [-0.3, -0.25) is 4.68 Å². The van der Waals surface area contributed by atoms with Crippen molar-refractivity contribution in [1.82, 2.24) is 24.7 Å². The van der Waals surface area contributed by atoms with Crippen molar-refractivity contribution < 1.29 is 19.3 Å². The molecule has 11 heteroatoms. The summed E-state index contributed by atoms with van der Waals surface area (Å²) in [4.78, 5) is 12.1. The maximum absolute atomic E-state index is 9.75. The largest absolute Gasteiger partial charge is 0.458 e. The Morgan fingerprint density at radius 1 is 1.21 bits per heavy atom. The topological polar surface area (TPSA) is 107 Å². The predicted octanol–water partition coefficient (Wildman–Crippen LogP) is 1.89. The lowest BCUT2D eigenvalue weighted by atomic mass is 10.0. The number of hydrogen-bond acceptors (Lipinski definition) is 7. The van der Waals surface area contributed by atoms with Crippen molar-refractivity contribution in [2.45, 2.75) is 31.3 Å². The zero-order valence-corrected chi connectivity index (χ0v) is 17.0. The summed E-state index contributed by atoms with van der Waals surface area (Å²) in [5.74, 6) is -0.0339. The van der Waals surface area contributed by atoms with Crippen LogP contribution in [0.4, 0.5) is 0 Å². The van der Waals surface area contributed by atoms with E-state index in [2.05, 4.69) is 20.1 Å². The molecule has 0 bridgehead atoms. The van der Waals surface area contributed by atoms with Gasteiger partial charge in [0.2, 0.25) is 0 Å². The van der Waals surface area contributed by atoms with Crippen molar-refractivity contribution in [3.8, 4) is 6.01 Å². The quantitative estimate of drug-likeness (QED) is 0.624. The van der Waals surface area contributed by atoms with Crippen LogP contribution in [0.25, 0.3) is 11.2 Å². The minimum Gasteiger partial charge on any atom is -0.458 e. The van der Waals surface area contributed by atoms with E-state index in [0.717, 1.165) is 11.4 Å². The van der Waals surface area contributed by atoms with Crippen LogP contribution in [0.5, 0.6) is 6.01 Å². The number of H-pyrrole nitrogens is 1. The highest BCUT2D eigenvalue weighted by atomic mass is 35.5. The number of fused-ring (bicyclic) bond motifs is 2. The lowest BCUT2D eigenvalue weighted by molar-refractivity contribution is -0.123. The number of ether oxygens (including phenoxy) is 3. The van der Waals surface area contributed by atoms with Crippen LogP contribution in [0.3, 0.4) is 0 Å². The Morgan fingerprint density at radius 3 is 2.83 bits per heavy atom. The summed E-state index contributed by atoms with van der Waals surface area (Å²) in [6, 6.07) is 2.12. The highest BCUT2D eigenvalue weighted by Crippen LogP contribution is 2.33. The standard InChI is InChI=1S/C18H19Cl2N5O4/c1-25-5-10(20)12(24-25)3-2-11-9(19)4-13-16(21-11)23-18(22-13)29-14-7-27-15-8(14)6-28-17(15)26/h4-5,8,14-15,17,26H,2-3,6-7H2,1H3,(H,21,22,23)/t8-,14-,15+,17-/m1/s1. The molecule has 0 amide bonds. The molecule has 0 aliphatic carbocycles. The van der Waals surface area contributed by atoms with Crippen molar-refractivity contribution in [2.24, 2.45) is 13.0 Å². The third kappa shape index (κ3) is 3.57. The van der Waals surface area contributed by atoms with Crippen LogP contribution in [-0.4, -0.2) is 61.6 Å². The molecule has 2 aliphatic heterocycles. The molecule has 9 nitrogen and oxygen atoms in total. The smallest absolute Gasteiger partial charge is 0.296 e. The predicted molar refractivity (Wildman–Crippen MR) is 104 cm³/mol. The lowest BCUT2D eigenvalue weighted by Crippen LogP contribution is -2.30. The second-order valence-electron chi connectivity index (χ2n) is 7.27. The summed E-state index contributed by atoms with van der Waals surface area (Å²) in [5.41, 5.74) is 2.72. The van der Waals surface area contributed by atoms with Crippen molar-refractivity contribution in [2.75, 3.05) is 13.2 Å². The average molecular weight is 440 g/mol. The van der Waals surface area contributed by atoms with E-state index in [1.54, 1.807) is 16.9 Å². The molecule has 0 aromatic carbocycles. The van der Waals surface area contributed by atoms with Crippen LogP contribution in [-0.2, 0) is 29.4 Å². The Kier molecular flexibility index (Phi) is 4.87. The summed E-state index contributed by atoms with van der Waals surface area (Å²) in [5, 5.41) is 15.2. The molecule has 29 heavy (non-hydrogen) atoms. The summed E-state index contributed by atoms with van der Waals surface area (Å²) in [6.45, 7) is 0.762. The molecular weight excluding hydrogens is 421 g/mol. The zero-order chi connectivity index (χ0) is 20.1. The third-order valence-corrected chi connectivity index (χ3v) is 5.93. The Labute approximate surface area is 175 Å². The van der Waals surface area contributed by atoms with Gasteiger partial charge in [-0.2, -0.15) is 10.1 Å².